The number of ether oxygens (including phenoxy) is 2. The number of ketones is 1. The van der Waals surface area contributed by atoms with E-state index in [1.54, 1.807) is 13.0 Å². The maximum atomic E-state index is 11.9. The Morgan fingerprint density at radius 2 is 1.80 bits per heavy atom. The summed E-state index contributed by atoms with van der Waals surface area (Å²) < 4.78 is 10.9. The van der Waals surface area contributed by atoms with Crippen LogP contribution in [0.25, 0.3) is 0 Å². The second-order valence-corrected chi connectivity index (χ2v) is 6.55. The molecule has 0 radical (unpaired) electrons. The van der Waals surface area contributed by atoms with Gasteiger partial charge in [0, 0.05) is 16.9 Å². The number of hydrogen-bond donors (Lipinski definition) is 1. The number of carbonyl (C=O) groups excluding carboxylic acids is 2. The Labute approximate surface area is 156 Å². The summed E-state index contributed by atoms with van der Waals surface area (Å²) in [7, 11) is 0. The zero-order valence-corrected chi connectivity index (χ0v) is 16.5. The first-order valence-electron chi connectivity index (χ1n) is 9.15. The second-order valence-electron chi connectivity index (χ2n) is 6.06. The molecule has 0 bridgehead atoms. The lowest BCUT2D eigenvalue weighted by Crippen LogP contribution is -2.07. The van der Waals surface area contributed by atoms with Crippen molar-refractivity contribution in [2.24, 2.45) is 0 Å². The number of benzene rings is 1. The van der Waals surface area contributed by atoms with Gasteiger partial charge in [-0.2, -0.15) is 0 Å². The van der Waals surface area contributed by atoms with Crippen LogP contribution in [0.3, 0.4) is 0 Å². The molecule has 0 heterocycles. The minimum Gasteiger partial charge on any atom is -0.493 e. The number of hydrogen-bond acceptors (Lipinski definition) is 5. The smallest absolute Gasteiger partial charge is 0.305 e. The fraction of sp³-hybridized carbons (Fsp3) is 0.600. The summed E-state index contributed by atoms with van der Waals surface area (Å²) in [6.45, 7) is 6.48. The summed E-state index contributed by atoms with van der Waals surface area (Å²) in [6, 6.07) is 3.66. The minimum absolute atomic E-state index is 0.00937. The maximum absolute atomic E-state index is 11.9. The monoisotopic (exact) mass is 366 g/mol. The van der Waals surface area contributed by atoms with E-state index in [1.165, 1.54) is 0 Å². The van der Waals surface area contributed by atoms with Crippen molar-refractivity contribution in [3.8, 4) is 5.75 Å². The average Bonchev–Trinajstić information content (AvgIpc) is 2.56. The third-order valence-corrected chi connectivity index (χ3v) is 4.36. The molecule has 0 N–H and O–H groups in total. The van der Waals surface area contributed by atoms with Crippen molar-refractivity contribution in [2.75, 3.05) is 13.2 Å². The molecular weight excluding hydrogens is 336 g/mol. The molecule has 1 aromatic rings. The number of rotatable bonds is 12. The number of Topliss-reactive ketones (excluding diaryl/α,β-unsaturated/α-hetero) is 1. The Balaban J connectivity index is 2.49. The number of thiol groups is 1. The molecule has 140 valence electrons. The fourth-order valence-corrected chi connectivity index (χ4v) is 2.97. The zero-order valence-electron chi connectivity index (χ0n) is 15.6. The van der Waals surface area contributed by atoms with Gasteiger partial charge in [0.2, 0.25) is 0 Å². The molecule has 0 unspecified atom stereocenters. The van der Waals surface area contributed by atoms with Crippen LogP contribution >= 0.6 is 12.6 Å². The molecule has 5 heteroatoms. The van der Waals surface area contributed by atoms with Gasteiger partial charge in [0.15, 0.2) is 5.78 Å². The minimum atomic E-state index is -0.125. The van der Waals surface area contributed by atoms with Gasteiger partial charge in [0.05, 0.1) is 18.8 Å². The highest BCUT2D eigenvalue weighted by molar-refractivity contribution is 7.80. The van der Waals surface area contributed by atoms with Crippen LogP contribution in [0.2, 0.25) is 0 Å². The summed E-state index contributed by atoms with van der Waals surface area (Å²) in [5.41, 5.74) is 1.64. The molecule has 0 aliphatic heterocycles. The summed E-state index contributed by atoms with van der Waals surface area (Å²) in [4.78, 5) is 24.0. The van der Waals surface area contributed by atoms with E-state index < -0.39 is 0 Å². The van der Waals surface area contributed by atoms with E-state index in [9.17, 15) is 9.59 Å². The highest BCUT2D eigenvalue weighted by atomic mass is 32.1. The summed E-state index contributed by atoms with van der Waals surface area (Å²) in [5, 5.41) is 0. The molecule has 0 amide bonds. The van der Waals surface area contributed by atoms with Crippen LogP contribution in [0.15, 0.2) is 17.0 Å². The van der Waals surface area contributed by atoms with E-state index in [1.807, 2.05) is 13.0 Å². The van der Waals surface area contributed by atoms with E-state index >= 15 is 0 Å². The quantitative estimate of drug-likeness (QED) is 0.244. The van der Waals surface area contributed by atoms with E-state index in [2.05, 4.69) is 19.6 Å². The number of esters is 1. The van der Waals surface area contributed by atoms with Crippen LogP contribution in [-0.2, 0) is 16.0 Å². The van der Waals surface area contributed by atoms with Gasteiger partial charge in [-0.15, -0.1) is 12.6 Å². The maximum Gasteiger partial charge on any atom is 0.305 e. The van der Waals surface area contributed by atoms with Crippen molar-refractivity contribution in [2.45, 2.75) is 70.6 Å². The lowest BCUT2D eigenvalue weighted by molar-refractivity contribution is -0.143. The van der Waals surface area contributed by atoms with Crippen molar-refractivity contribution >= 4 is 24.4 Å². The van der Waals surface area contributed by atoms with Gasteiger partial charge in [-0.3, -0.25) is 9.59 Å². The van der Waals surface area contributed by atoms with E-state index in [-0.39, 0.29) is 11.8 Å². The Kier molecular flexibility index (Phi) is 10.3. The van der Waals surface area contributed by atoms with Gasteiger partial charge < -0.3 is 9.47 Å². The van der Waals surface area contributed by atoms with Crippen molar-refractivity contribution in [3.63, 3.8) is 0 Å². The van der Waals surface area contributed by atoms with Crippen molar-refractivity contribution in [3.05, 3.63) is 23.3 Å². The predicted molar refractivity (Wildman–Crippen MR) is 103 cm³/mol. The number of unbranched alkanes of at least 4 members (excludes halogenated alkanes) is 3. The van der Waals surface area contributed by atoms with E-state index in [0.29, 0.717) is 30.9 Å². The van der Waals surface area contributed by atoms with Gasteiger partial charge in [0.25, 0.3) is 0 Å². The molecule has 0 aromatic heterocycles. The molecule has 1 rings (SSSR count). The molecular formula is C20H30O4S. The van der Waals surface area contributed by atoms with Gasteiger partial charge in [0.1, 0.15) is 5.75 Å². The summed E-state index contributed by atoms with van der Waals surface area (Å²) >= 11 is 4.51. The lowest BCUT2D eigenvalue weighted by atomic mass is 10.0. The van der Waals surface area contributed by atoms with Crippen LogP contribution in [0.4, 0.5) is 0 Å². The van der Waals surface area contributed by atoms with Gasteiger partial charge >= 0.3 is 5.97 Å². The van der Waals surface area contributed by atoms with Crippen molar-refractivity contribution in [1.29, 1.82) is 0 Å². The molecule has 25 heavy (non-hydrogen) atoms. The van der Waals surface area contributed by atoms with E-state index in [0.717, 1.165) is 49.0 Å². The van der Waals surface area contributed by atoms with Crippen LogP contribution in [0.5, 0.6) is 5.75 Å². The molecule has 0 aliphatic rings. The molecule has 4 nitrogen and oxygen atoms in total. The van der Waals surface area contributed by atoms with E-state index in [4.69, 9.17) is 9.47 Å². The zero-order chi connectivity index (χ0) is 18.7. The molecule has 0 fully saturated rings. The number of carbonyl (C=O) groups is 2. The molecule has 0 aliphatic carbocycles. The van der Waals surface area contributed by atoms with Gasteiger partial charge in [-0.1, -0.05) is 26.2 Å². The predicted octanol–water partition coefficient (Wildman–Crippen LogP) is 5.02. The normalized spacial score (nSPS) is 10.6. The largest absolute Gasteiger partial charge is 0.493 e. The average molecular weight is 367 g/mol. The Morgan fingerprint density at radius 1 is 1.08 bits per heavy atom. The third-order valence-electron chi connectivity index (χ3n) is 3.94. The van der Waals surface area contributed by atoms with Gasteiger partial charge in [-0.05, 0) is 45.2 Å². The Bertz CT molecular complexity index is 569. The van der Waals surface area contributed by atoms with Crippen LogP contribution in [0.1, 0.15) is 75.2 Å². The fourth-order valence-electron chi connectivity index (χ4n) is 2.68. The molecule has 0 spiro atoms. The first kappa shape index (κ1) is 21.6. The van der Waals surface area contributed by atoms with Crippen LogP contribution in [-0.4, -0.2) is 25.0 Å². The summed E-state index contributed by atoms with van der Waals surface area (Å²) in [5.74, 6) is 0.572. The standard InChI is InChI=1S/C20H30O4S/c1-4-10-17-18(25)13-12-16(15(3)21)20(17)24-14-9-7-6-8-11-19(22)23-5-2/h12-13,25H,4-11,14H2,1-3H3. The Morgan fingerprint density at radius 3 is 2.44 bits per heavy atom. The van der Waals surface area contributed by atoms with Gasteiger partial charge in [-0.25, -0.2) is 0 Å². The SMILES string of the molecule is CCCc1c(S)ccc(C(C)=O)c1OCCCCCCC(=O)OCC. The van der Waals surface area contributed by atoms with Crippen LogP contribution in [0, 0.1) is 0 Å². The van der Waals surface area contributed by atoms with Crippen molar-refractivity contribution in [1.82, 2.24) is 0 Å². The molecule has 1 aromatic carbocycles. The second kappa shape index (κ2) is 12.0. The highest BCUT2D eigenvalue weighted by Gasteiger charge is 2.15. The molecule has 0 saturated heterocycles. The molecule has 0 saturated carbocycles. The van der Waals surface area contributed by atoms with Crippen molar-refractivity contribution < 1.29 is 19.1 Å². The lowest BCUT2D eigenvalue weighted by Gasteiger charge is -2.16. The topological polar surface area (TPSA) is 52.6 Å². The van der Waals surface area contributed by atoms with Crippen LogP contribution < -0.4 is 4.74 Å². The highest BCUT2D eigenvalue weighted by Crippen LogP contribution is 2.31. The first-order chi connectivity index (χ1) is 12.0. The third kappa shape index (κ3) is 7.51. The Hall–Kier alpha value is -1.49. The summed E-state index contributed by atoms with van der Waals surface area (Å²) in [6.07, 6.45) is 5.97. The molecule has 0 atom stereocenters. The first-order valence-corrected chi connectivity index (χ1v) is 9.60.